The van der Waals surface area contributed by atoms with Crippen molar-refractivity contribution in [2.75, 3.05) is 7.11 Å². The summed E-state index contributed by atoms with van der Waals surface area (Å²) < 4.78 is 4.63. The van der Waals surface area contributed by atoms with E-state index in [0.717, 1.165) is 10.9 Å². The molecular weight excluding hydrogens is 194 g/mol. The normalized spacial score (nSPS) is 10.5. The van der Waals surface area contributed by atoms with E-state index in [1.807, 2.05) is 24.3 Å². The molecule has 0 fully saturated rings. The number of aliphatic hydroxyl groups excluding tert-OH is 1. The number of hydrogen-bond donors (Lipinski definition) is 2. The van der Waals surface area contributed by atoms with E-state index in [-0.39, 0.29) is 6.61 Å². The van der Waals surface area contributed by atoms with Gasteiger partial charge in [0.1, 0.15) is 5.69 Å². The van der Waals surface area contributed by atoms with E-state index in [9.17, 15) is 9.90 Å². The van der Waals surface area contributed by atoms with E-state index in [2.05, 4.69) is 9.72 Å². The number of esters is 1. The highest BCUT2D eigenvalue weighted by Crippen LogP contribution is 2.22. The number of aromatic nitrogens is 1. The molecule has 0 aliphatic heterocycles. The van der Waals surface area contributed by atoms with Gasteiger partial charge in [0.15, 0.2) is 0 Å². The van der Waals surface area contributed by atoms with Gasteiger partial charge in [0.2, 0.25) is 0 Å². The van der Waals surface area contributed by atoms with E-state index in [4.69, 9.17) is 0 Å². The maximum absolute atomic E-state index is 11.4. The molecule has 0 atom stereocenters. The van der Waals surface area contributed by atoms with Gasteiger partial charge < -0.3 is 14.8 Å². The third-order valence-electron chi connectivity index (χ3n) is 2.36. The minimum atomic E-state index is -0.463. The molecule has 0 aliphatic rings. The number of H-pyrrole nitrogens is 1. The number of fused-ring (bicyclic) bond motifs is 1. The maximum atomic E-state index is 11.4. The molecule has 0 saturated heterocycles. The monoisotopic (exact) mass is 205 g/mol. The first-order valence-corrected chi connectivity index (χ1v) is 4.56. The Hall–Kier alpha value is -1.81. The molecule has 4 heteroatoms. The molecule has 0 saturated carbocycles. The van der Waals surface area contributed by atoms with Crippen LogP contribution >= 0.6 is 0 Å². The quantitative estimate of drug-likeness (QED) is 0.729. The van der Waals surface area contributed by atoms with Crippen LogP contribution in [0.15, 0.2) is 24.3 Å². The van der Waals surface area contributed by atoms with Crippen molar-refractivity contribution in [1.29, 1.82) is 0 Å². The van der Waals surface area contributed by atoms with Crippen LogP contribution in [-0.4, -0.2) is 23.2 Å². The Morgan fingerprint density at radius 1 is 1.47 bits per heavy atom. The van der Waals surface area contributed by atoms with E-state index in [1.165, 1.54) is 7.11 Å². The summed E-state index contributed by atoms with van der Waals surface area (Å²) in [5, 5.41) is 10.1. The van der Waals surface area contributed by atoms with Crippen molar-refractivity contribution in [3.63, 3.8) is 0 Å². The minimum Gasteiger partial charge on any atom is -0.464 e. The van der Waals surface area contributed by atoms with Gasteiger partial charge in [-0.05, 0) is 6.07 Å². The summed E-state index contributed by atoms with van der Waals surface area (Å²) in [6.45, 7) is -0.186. The lowest BCUT2D eigenvalue weighted by atomic mass is 10.1. The summed E-state index contributed by atoms with van der Waals surface area (Å²) in [7, 11) is 1.31. The average Bonchev–Trinajstić information content (AvgIpc) is 2.66. The van der Waals surface area contributed by atoms with Gasteiger partial charge >= 0.3 is 5.97 Å². The number of aliphatic hydroxyl groups is 1. The van der Waals surface area contributed by atoms with Crippen LogP contribution in [0.2, 0.25) is 0 Å². The molecule has 2 aromatic rings. The van der Waals surface area contributed by atoms with Crippen LogP contribution in [-0.2, 0) is 11.3 Å². The first-order valence-electron chi connectivity index (χ1n) is 4.56. The minimum absolute atomic E-state index is 0.186. The van der Waals surface area contributed by atoms with Gasteiger partial charge in [0, 0.05) is 16.5 Å². The number of ether oxygens (including phenoxy) is 1. The number of benzene rings is 1. The molecule has 0 amide bonds. The Morgan fingerprint density at radius 2 is 2.20 bits per heavy atom. The van der Waals surface area contributed by atoms with Crippen LogP contribution in [0.3, 0.4) is 0 Å². The summed E-state index contributed by atoms with van der Waals surface area (Å²) in [5.41, 5.74) is 1.72. The van der Waals surface area contributed by atoms with Gasteiger partial charge in [-0.3, -0.25) is 0 Å². The van der Waals surface area contributed by atoms with Crippen LogP contribution in [0.1, 0.15) is 16.1 Å². The largest absolute Gasteiger partial charge is 0.464 e. The molecule has 4 nitrogen and oxygen atoms in total. The number of rotatable bonds is 2. The smallest absolute Gasteiger partial charge is 0.354 e. The van der Waals surface area contributed by atoms with Crippen LogP contribution in [0.4, 0.5) is 0 Å². The first-order chi connectivity index (χ1) is 7.27. The number of nitrogens with one attached hydrogen (secondary N) is 1. The second kappa shape index (κ2) is 3.74. The Kier molecular flexibility index (Phi) is 2.43. The number of hydrogen-bond acceptors (Lipinski definition) is 3. The zero-order chi connectivity index (χ0) is 10.8. The Bertz CT molecular complexity index is 502. The van der Waals surface area contributed by atoms with Crippen molar-refractivity contribution < 1.29 is 14.6 Å². The lowest BCUT2D eigenvalue weighted by Gasteiger charge is -1.98. The van der Waals surface area contributed by atoms with Gasteiger partial charge in [0.25, 0.3) is 0 Å². The van der Waals surface area contributed by atoms with Crippen LogP contribution in [0, 0.1) is 0 Å². The molecule has 2 rings (SSSR count). The third kappa shape index (κ3) is 1.49. The predicted octanol–water partition coefficient (Wildman–Crippen LogP) is 1.45. The number of para-hydroxylation sites is 1. The Labute approximate surface area is 86.5 Å². The highest BCUT2D eigenvalue weighted by atomic mass is 16.5. The van der Waals surface area contributed by atoms with Crippen LogP contribution < -0.4 is 0 Å². The van der Waals surface area contributed by atoms with E-state index >= 15 is 0 Å². The molecule has 0 spiro atoms. The Balaban J connectivity index is 2.69. The standard InChI is InChI=1S/C11H11NO3/c1-15-11(14)10-8(6-13)7-4-2-3-5-9(7)12-10/h2-5,12-13H,6H2,1H3. The molecule has 1 aromatic heterocycles. The predicted molar refractivity (Wildman–Crippen MR) is 55.6 cm³/mol. The average molecular weight is 205 g/mol. The summed E-state index contributed by atoms with van der Waals surface area (Å²) in [5.74, 6) is -0.463. The van der Waals surface area contributed by atoms with Crippen molar-refractivity contribution >= 4 is 16.9 Å². The summed E-state index contributed by atoms with van der Waals surface area (Å²) >= 11 is 0. The first kappa shape index (κ1) is 9.73. The third-order valence-corrected chi connectivity index (χ3v) is 2.36. The highest BCUT2D eigenvalue weighted by Gasteiger charge is 2.16. The van der Waals surface area contributed by atoms with Crippen molar-refractivity contribution in [3.05, 3.63) is 35.5 Å². The van der Waals surface area contributed by atoms with Crippen molar-refractivity contribution in [2.24, 2.45) is 0 Å². The fourth-order valence-electron chi connectivity index (χ4n) is 1.64. The van der Waals surface area contributed by atoms with Crippen molar-refractivity contribution in [1.82, 2.24) is 4.98 Å². The highest BCUT2D eigenvalue weighted by molar-refractivity contribution is 5.98. The Morgan fingerprint density at radius 3 is 2.87 bits per heavy atom. The van der Waals surface area contributed by atoms with Crippen molar-refractivity contribution in [2.45, 2.75) is 6.61 Å². The molecule has 1 aromatic carbocycles. The number of carbonyl (C=O) groups excluding carboxylic acids is 1. The number of methoxy groups -OCH3 is 1. The zero-order valence-electron chi connectivity index (χ0n) is 8.28. The lowest BCUT2D eigenvalue weighted by Crippen LogP contribution is -2.04. The number of carbonyl (C=O) groups is 1. The molecular formula is C11H11NO3. The second-order valence-electron chi connectivity index (χ2n) is 3.17. The lowest BCUT2D eigenvalue weighted by molar-refractivity contribution is 0.0591. The fraction of sp³-hybridized carbons (Fsp3) is 0.182. The molecule has 1 heterocycles. The van der Waals surface area contributed by atoms with Crippen LogP contribution in [0.25, 0.3) is 10.9 Å². The molecule has 78 valence electrons. The SMILES string of the molecule is COC(=O)c1[nH]c2ccccc2c1CO. The van der Waals surface area contributed by atoms with Crippen LogP contribution in [0.5, 0.6) is 0 Å². The fourth-order valence-corrected chi connectivity index (χ4v) is 1.64. The van der Waals surface area contributed by atoms with Gasteiger partial charge in [-0.15, -0.1) is 0 Å². The van der Waals surface area contributed by atoms with E-state index in [1.54, 1.807) is 0 Å². The molecule has 0 bridgehead atoms. The molecule has 2 N–H and O–H groups in total. The zero-order valence-corrected chi connectivity index (χ0v) is 8.28. The second-order valence-corrected chi connectivity index (χ2v) is 3.17. The molecule has 0 unspecified atom stereocenters. The maximum Gasteiger partial charge on any atom is 0.354 e. The summed E-state index contributed by atoms with van der Waals surface area (Å²) in [6.07, 6.45) is 0. The molecule has 15 heavy (non-hydrogen) atoms. The van der Waals surface area contributed by atoms with Crippen molar-refractivity contribution in [3.8, 4) is 0 Å². The summed E-state index contributed by atoms with van der Waals surface area (Å²) in [6, 6.07) is 7.42. The molecule has 0 aliphatic carbocycles. The van der Waals surface area contributed by atoms with Gasteiger partial charge in [-0.25, -0.2) is 4.79 Å². The topological polar surface area (TPSA) is 62.3 Å². The number of aromatic amines is 1. The van der Waals surface area contributed by atoms with Gasteiger partial charge in [-0.2, -0.15) is 0 Å². The van der Waals surface area contributed by atoms with E-state index < -0.39 is 5.97 Å². The van der Waals surface area contributed by atoms with Gasteiger partial charge in [0.05, 0.1) is 13.7 Å². The summed E-state index contributed by atoms with van der Waals surface area (Å²) in [4.78, 5) is 14.3. The van der Waals surface area contributed by atoms with Gasteiger partial charge in [-0.1, -0.05) is 18.2 Å². The van der Waals surface area contributed by atoms with E-state index in [0.29, 0.717) is 11.3 Å². The molecule has 0 radical (unpaired) electrons.